The van der Waals surface area contributed by atoms with Crippen molar-refractivity contribution in [1.29, 1.82) is 0 Å². The van der Waals surface area contributed by atoms with Gasteiger partial charge in [-0.3, -0.25) is 9.59 Å². The lowest BCUT2D eigenvalue weighted by Gasteiger charge is -2.22. The first kappa shape index (κ1) is 15.4. The van der Waals surface area contributed by atoms with Gasteiger partial charge in [0.2, 0.25) is 0 Å². The molecule has 0 N–H and O–H groups in total. The summed E-state index contributed by atoms with van der Waals surface area (Å²) in [5.74, 6) is -0.144. The molecule has 4 aromatic rings. The van der Waals surface area contributed by atoms with E-state index in [9.17, 15) is 9.59 Å². The van der Waals surface area contributed by atoms with Crippen molar-refractivity contribution < 1.29 is 9.59 Å². The molecule has 26 heavy (non-hydrogen) atoms. The Morgan fingerprint density at radius 2 is 0.962 bits per heavy atom. The maximum atomic E-state index is 13.3. The van der Waals surface area contributed by atoms with Crippen LogP contribution in [0.15, 0.2) is 71.4 Å². The zero-order chi connectivity index (χ0) is 17.7. The van der Waals surface area contributed by atoms with Gasteiger partial charge in [0.1, 0.15) is 0 Å². The van der Waals surface area contributed by atoms with E-state index in [0.29, 0.717) is 22.3 Å². The van der Waals surface area contributed by atoms with E-state index in [0.717, 1.165) is 20.9 Å². The number of ketones is 2. The molecule has 2 aromatic heterocycles. The Bertz CT molecular complexity index is 1060. The molecule has 0 fully saturated rings. The molecule has 2 aromatic carbocycles. The summed E-state index contributed by atoms with van der Waals surface area (Å²) >= 11 is 3.15. The van der Waals surface area contributed by atoms with Gasteiger partial charge in [-0.05, 0) is 22.9 Å². The second kappa shape index (κ2) is 5.87. The van der Waals surface area contributed by atoms with E-state index >= 15 is 0 Å². The van der Waals surface area contributed by atoms with Gasteiger partial charge < -0.3 is 0 Å². The highest BCUT2D eigenvalue weighted by Crippen LogP contribution is 2.41. The van der Waals surface area contributed by atoms with E-state index < -0.39 is 0 Å². The Labute approximate surface area is 158 Å². The largest absolute Gasteiger partial charge is 0.289 e. The van der Waals surface area contributed by atoms with Gasteiger partial charge in [0.15, 0.2) is 11.6 Å². The van der Waals surface area contributed by atoms with Crippen LogP contribution in [0.1, 0.15) is 31.8 Å². The van der Waals surface area contributed by atoms with Crippen molar-refractivity contribution in [3.05, 3.63) is 93.7 Å². The highest BCUT2D eigenvalue weighted by Gasteiger charge is 2.34. The average Bonchev–Trinajstić information content (AvgIpc) is 3.39. The average molecular weight is 372 g/mol. The first-order chi connectivity index (χ1) is 12.8. The van der Waals surface area contributed by atoms with Crippen LogP contribution in [0.25, 0.3) is 20.9 Å². The van der Waals surface area contributed by atoms with Crippen molar-refractivity contribution in [2.75, 3.05) is 0 Å². The second-order valence-corrected chi connectivity index (χ2v) is 7.96. The first-order valence-corrected chi connectivity index (χ1v) is 9.95. The number of carbonyl (C=O) groups is 2. The van der Waals surface area contributed by atoms with Crippen LogP contribution in [0.3, 0.4) is 0 Å². The summed E-state index contributed by atoms with van der Waals surface area (Å²) in [7, 11) is 0. The smallest absolute Gasteiger partial charge is 0.195 e. The molecule has 1 aliphatic rings. The van der Waals surface area contributed by atoms with Crippen molar-refractivity contribution in [3.63, 3.8) is 0 Å². The molecule has 5 rings (SSSR count). The van der Waals surface area contributed by atoms with Gasteiger partial charge in [0.05, 0.1) is 0 Å². The van der Waals surface area contributed by atoms with Gasteiger partial charge >= 0.3 is 0 Å². The summed E-state index contributed by atoms with van der Waals surface area (Å²) in [6.45, 7) is 0. The van der Waals surface area contributed by atoms with Crippen LogP contribution >= 0.6 is 22.7 Å². The Kier molecular flexibility index (Phi) is 3.48. The Hall–Kier alpha value is -2.82. The zero-order valence-electron chi connectivity index (χ0n) is 13.6. The summed E-state index contributed by atoms with van der Waals surface area (Å²) in [6.07, 6.45) is 0. The minimum atomic E-state index is -0.0722. The van der Waals surface area contributed by atoms with E-state index in [1.165, 1.54) is 0 Å². The van der Waals surface area contributed by atoms with E-state index in [2.05, 4.69) is 0 Å². The maximum absolute atomic E-state index is 13.3. The normalized spacial score (nSPS) is 12.8. The quantitative estimate of drug-likeness (QED) is 0.385. The van der Waals surface area contributed by atoms with Gasteiger partial charge in [0.25, 0.3) is 0 Å². The fourth-order valence-electron chi connectivity index (χ4n) is 3.50. The van der Waals surface area contributed by atoms with E-state index in [4.69, 9.17) is 0 Å². The SMILES string of the molecule is O=C1c2ccccc2C(=O)c2c(-c3cccs3)ccc(-c3cccs3)c21. The van der Waals surface area contributed by atoms with Crippen LogP contribution in [-0.2, 0) is 0 Å². The Morgan fingerprint density at radius 1 is 0.500 bits per heavy atom. The van der Waals surface area contributed by atoms with Gasteiger partial charge in [0, 0.05) is 43.1 Å². The van der Waals surface area contributed by atoms with E-state index in [1.54, 1.807) is 34.8 Å². The molecule has 0 unspecified atom stereocenters. The van der Waals surface area contributed by atoms with E-state index in [-0.39, 0.29) is 11.6 Å². The van der Waals surface area contributed by atoms with Crippen LogP contribution in [0, 0.1) is 0 Å². The molecule has 1 aliphatic carbocycles. The van der Waals surface area contributed by atoms with Crippen LogP contribution in [0.5, 0.6) is 0 Å². The molecule has 2 heterocycles. The minimum absolute atomic E-state index is 0.0722. The summed E-state index contributed by atoms with van der Waals surface area (Å²) in [6, 6.07) is 18.9. The summed E-state index contributed by atoms with van der Waals surface area (Å²) in [4.78, 5) is 28.7. The van der Waals surface area contributed by atoms with Crippen molar-refractivity contribution in [3.8, 4) is 20.9 Å². The van der Waals surface area contributed by atoms with Crippen molar-refractivity contribution in [1.82, 2.24) is 0 Å². The Morgan fingerprint density at radius 3 is 1.35 bits per heavy atom. The molecular formula is C22H12O2S2. The molecule has 4 heteroatoms. The fourth-order valence-corrected chi connectivity index (χ4v) is 5.01. The fraction of sp³-hybridized carbons (Fsp3) is 0. The molecule has 2 nitrogen and oxygen atoms in total. The van der Waals surface area contributed by atoms with Gasteiger partial charge in [-0.25, -0.2) is 0 Å². The van der Waals surface area contributed by atoms with Crippen LogP contribution in [-0.4, -0.2) is 11.6 Å². The number of hydrogen-bond acceptors (Lipinski definition) is 4. The topological polar surface area (TPSA) is 34.1 Å². The third-order valence-electron chi connectivity index (χ3n) is 4.65. The molecule has 0 bridgehead atoms. The molecule has 0 spiro atoms. The van der Waals surface area contributed by atoms with Crippen LogP contribution in [0.4, 0.5) is 0 Å². The van der Waals surface area contributed by atoms with Gasteiger partial charge in [-0.15, -0.1) is 22.7 Å². The number of benzene rings is 2. The number of fused-ring (bicyclic) bond motifs is 2. The van der Waals surface area contributed by atoms with Crippen molar-refractivity contribution >= 4 is 34.2 Å². The molecule has 0 radical (unpaired) electrons. The predicted molar refractivity (Wildman–Crippen MR) is 106 cm³/mol. The van der Waals surface area contributed by atoms with Gasteiger partial charge in [-0.1, -0.05) is 48.5 Å². The molecule has 0 atom stereocenters. The monoisotopic (exact) mass is 372 g/mol. The van der Waals surface area contributed by atoms with Crippen molar-refractivity contribution in [2.45, 2.75) is 0 Å². The molecule has 0 saturated carbocycles. The molecular weight excluding hydrogens is 360 g/mol. The first-order valence-electron chi connectivity index (χ1n) is 8.19. The Balaban J connectivity index is 1.88. The van der Waals surface area contributed by atoms with Crippen molar-refractivity contribution in [2.24, 2.45) is 0 Å². The molecule has 124 valence electrons. The summed E-state index contributed by atoms with van der Waals surface area (Å²) in [5, 5.41) is 3.97. The minimum Gasteiger partial charge on any atom is -0.289 e. The summed E-state index contributed by atoms with van der Waals surface area (Å²) < 4.78 is 0. The number of hydrogen-bond donors (Lipinski definition) is 0. The van der Waals surface area contributed by atoms with Crippen LogP contribution < -0.4 is 0 Å². The number of thiophene rings is 2. The van der Waals surface area contributed by atoms with E-state index in [1.807, 2.05) is 59.3 Å². The third kappa shape index (κ3) is 2.16. The van der Waals surface area contributed by atoms with Crippen LogP contribution in [0.2, 0.25) is 0 Å². The number of carbonyl (C=O) groups excluding carboxylic acids is 2. The highest BCUT2D eigenvalue weighted by atomic mass is 32.1. The highest BCUT2D eigenvalue weighted by molar-refractivity contribution is 7.14. The zero-order valence-corrected chi connectivity index (χ0v) is 15.2. The van der Waals surface area contributed by atoms with Gasteiger partial charge in [-0.2, -0.15) is 0 Å². The third-order valence-corrected chi connectivity index (χ3v) is 6.46. The molecule has 0 amide bonds. The summed E-state index contributed by atoms with van der Waals surface area (Å²) in [5.41, 5.74) is 3.72. The lowest BCUT2D eigenvalue weighted by Crippen LogP contribution is -2.22. The second-order valence-electron chi connectivity index (χ2n) is 6.07. The standard InChI is InChI=1S/C22H12O2S2/c23-21-13-5-1-2-6-14(13)22(24)20-16(18-8-4-12-26-18)10-9-15(19(20)21)17-7-3-11-25-17/h1-12H. The maximum Gasteiger partial charge on any atom is 0.195 e. The lowest BCUT2D eigenvalue weighted by molar-refractivity contribution is 0.0980. The lowest BCUT2D eigenvalue weighted by atomic mass is 9.79. The molecule has 0 aliphatic heterocycles. The predicted octanol–water partition coefficient (Wildman–Crippen LogP) is 5.92. The number of rotatable bonds is 2. The molecule has 0 saturated heterocycles.